The zero-order valence-corrected chi connectivity index (χ0v) is 12.9. The van der Waals surface area contributed by atoms with Gasteiger partial charge >= 0.3 is 12.1 Å². The quantitative estimate of drug-likeness (QED) is 0.758. The van der Waals surface area contributed by atoms with Crippen molar-refractivity contribution in [2.45, 2.75) is 38.2 Å². The highest BCUT2D eigenvalue weighted by molar-refractivity contribution is 5.82. The Morgan fingerprint density at radius 2 is 2.13 bits per heavy atom. The zero-order chi connectivity index (χ0) is 16.7. The SMILES string of the molecule is C[C@H](O)[C@H](NC(=O)OCc1ccccc1)C(=O)O[C@H]1CCOC1. The molecule has 23 heavy (non-hydrogen) atoms. The first-order valence-electron chi connectivity index (χ1n) is 7.50. The maximum atomic E-state index is 12.0. The van der Waals surface area contributed by atoms with E-state index in [0.29, 0.717) is 19.6 Å². The number of alkyl carbamates (subject to hydrolysis) is 1. The van der Waals surface area contributed by atoms with E-state index in [4.69, 9.17) is 14.2 Å². The summed E-state index contributed by atoms with van der Waals surface area (Å²) < 4.78 is 15.4. The molecular weight excluding hydrogens is 302 g/mol. The number of benzene rings is 1. The third kappa shape index (κ3) is 5.54. The molecule has 0 saturated carbocycles. The molecule has 0 bridgehead atoms. The number of aliphatic hydroxyl groups is 1. The summed E-state index contributed by atoms with van der Waals surface area (Å²) in [6.45, 7) is 2.33. The molecule has 1 aromatic rings. The van der Waals surface area contributed by atoms with Gasteiger partial charge in [-0.05, 0) is 12.5 Å². The maximum absolute atomic E-state index is 12.0. The summed E-state index contributed by atoms with van der Waals surface area (Å²) in [6.07, 6.45) is -1.63. The fourth-order valence-corrected chi connectivity index (χ4v) is 2.11. The van der Waals surface area contributed by atoms with Crippen molar-refractivity contribution in [2.24, 2.45) is 0 Å². The highest BCUT2D eigenvalue weighted by Gasteiger charge is 2.31. The second kappa shape index (κ2) is 8.50. The fraction of sp³-hybridized carbons (Fsp3) is 0.500. The van der Waals surface area contributed by atoms with Gasteiger partial charge in [-0.1, -0.05) is 30.3 Å². The van der Waals surface area contributed by atoms with Crippen molar-refractivity contribution < 1.29 is 28.9 Å². The van der Waals surface area contributed by atoms with Crippen LogP contribution in [-0.2, 0) is 25.6 Å². The molecule has 1 aliphatic rings. The highest BCUT2D eigenvalue weighted by Crippen LogP contribution is 2.10. The molecule has 0 radical (unpaired) electrons. The molecule has 3 atom stereocenters. The van der Waals surface area contributed by atoms with Crippen LogP contribution < -0.4 is 5.32 Å². The van der Waals surface area contributed by atoms with E-state index >= 15 is 0 Å². The molecule has 126 valence electrons. The normalized spacial score (nSPS) is 19.7. The molecule has 1 amide bonds. The van der Waals surface area contributed by atoms with Crippen LogP contribution in [0, 0.1) is 0 Å². The topological polar surface area (TPSA) is 94.1 Å². The Kier molecular flexibility index (Phi) is 6.37. The lowest BCUT2D eigenvalue weighted by Gasteiger charge is -2.21. The summed E-state index contributed by atoms with van der Waals surface area (Å²) in [5.41, 5.74) is 0.821. The summed E-state index contributed by atoms with van der Waals surface area (Å²) in [4.78, 5) is 23.8. The molecule has 1 heterocycles. The number of carbonyl (C=O) groups is 2. The number of hydrogen-bond donors (Lipinski definition) is 2. The van der Waals surface area contributed by atoms with Crippen molar-refractivity contribution in [3.63, 3.8) is 0 Å². The fourth-order valence-electron chi connectivity index (χ4n) is 2.11. The molecule has 2 N–H and O–H groups in total. The molecular formula is C16H21NO6. The molecule has 2 rings (SSSR count). The second-order valence-corrected chi connectivity index (χ2v) is 5.35. The van der Waals surface area contributed by atoms with Gasteiger partial charge in [0.15, 0.2) is 6.04 Å². The molecule has 1 aliphatic heterocycles. The average molecular weight is 323 g/mol. The number of carbonyl (C=O) groups excluding carboxylic acids is 2. The smallest absolute Gasteiger partial charge is 0.408 e. The minimum atomic E-state index is -1.18. The summed E-state index contributed by atoms with van der Waals surface area (Å²) in [6, 6.07) is 7.96. The summed E-state index contributed by atoms with van der Waals surface area (Å²) in [5, 5.41) is 12.0. The van der Waals surface area contributed by atoms with Gasteiger partial charge < -0.3 is 24.6 Å². The van der Waals surface area contributed by atoms with Crippen molar-refractivity contribution in [1.82, 2.24) is 5.32 Å². The molecule has 0 aliphatic carbocycles. The Bertz CT molecular complexity index is 513. The number of aliphatic hydroxyl groups excluding tert-OH is 1. The van der Waals surface area contributed by atoms with Gasteiger partial charge in [-0.25, -0.2) is 9.59 Å². The Labute approximate surface area is 134 Å². The van der Waals surface area contributed by atoms with Gasteiger partial charge in [0.25, 0.3) is 0 Å². The Hall–Kier alpha value is -2.12. The Morgan fingerprint density at radius 3 is 2.74 bits per heavy atom. The highest BCUT2D eigenvalue weighted by atomic mass is 16.6. The molecule has 7 heteroatoms. The van der Waals surface area contributed by atoms with E-state index in [0.717, 1.165) is 5.56 Å². The summed E-state index contributed by atoms with van der Waals surface area (Å²) >= 11 is 0. The van der Waals surface area contributed by atoms with Crippen molar-refractivity contribution in [1.29, 1.82) is 0 Å². The number of amides is 1. The standard InChI is InChI=1S/C16H21NO6/c1-11(18)14(15(19)23-13-7-8-21-10-13)17-16(20)22-9-12-5-3-2-4-6-12/h2-6,11,13-14,18H,7-10H2,1H3,(H,17,20)/t11-,13-,14-/m0/s1. The largest absolute Gasteiger partial charge is 0.458 e. The summed E-state index contributed by atoms with van der Waals surface area (Å²) in [5.74, 6) is -0.702. The van der Waals surface area contributed by atoms with Crippen LogP contribution in [-0.4, -0.2) is 48.6 Å². The molecule has 1 fully saturated rings. The maximum Gasteiger partial charge on any atom is 0.408 e. The van der Waals surface area contributed by atoms with Crippen LogP contribution in [0.3, 0.4) is 0 Å². The van der Waals surface area contributed by atoms with Crippen LogP contribution in [0.2, 0.25) is 0 Å². The van der Waals surface area contributed by atoms with Crippen LogP contribution in [0.1, 0.15) is 18.9 Å². The first-order valence-corrected chi connectivity index (χ1v) is 7.50. The van der Waals surface area contributed by atoms with Crippen molar-refractivity contribution in [3.05, 3.63) is 35.9 Å². The Morgan fingerprint density at radius 1 is 1.39 bits per heavy atom. The third-order valence-electron chi connectivity index (χ3n) is 3.39. The zero-order valence-electron chi connectivity index (χ0n) is 12.9. The molecule has 7 nitrogen and oxygen atoms in total. The van der Waals surface area contributed by atoms with Crippen molar-refractivity contribution in [3.8, 4) is 0 Å². The predicted octanol–water partition coefficient (Wildman–Crippen LogP) is 0.994. The number of rotatable bonds is 6. The van der Waals surface area contributed by atoms with Gasteiger partial charge in [-0.2, -0.15) is 0 Å². The number of nitrogens with one attached hydrogen (secondary N) is 1. The molecule has 0 spiro atoms. The van der Waals surface area contributed by atoms with Crippen molar-refractivity contribution >= 4 is 12.1 Å². The molecule has 0 unspecified atom stereocenters. The van der Waals surface area contributed by atoms with Gasteiger partial charge in [0.1, 0.15) is 12.7 Å². The first kappa shape index (κ1) is 17.2. The lowest BCUT2D eigenvalue weighted by atomic mass is 10.2. The Balaban J connectivity index is 1.82. The minimum absolute atomic E-state index is 0.0741. The minimum Gasteiger partial charge on any atom is -0.458 e. The van der Waals surface area contributed by atoms with Crippen LogP contribution in [0.5, 0.6) is 0 Å². The second-order valence-electron chi connectivity index (χ2n) is 5.35. The lowest BCUT2D eigenvalue weighted by Crippen LogP contribution is -2.49. The van der Waals surface area contributed by atoms with E-state index in [9.17, 15) is 14.7 Å². The van der Waals surface area contributed by atoms with Crippen molar-refractivity contribution in [2.75, 3.05) is 13.2 Å². The average Bonchev–Trinajstić information content (AvgIpc) is 3.04. The molecule has 1 aromatic carbocycles. The number of hydrogen-bond acceptors (Lipinski definition) is 6. The van der Waals surface area contributed by atoms with Crippen LogP contribution in [0.4, 0.5) is 4.79 Å². The van der Waals surface area contributed by atoms with Gasteiger partial charge in [-0.15, -0.1) is 0 Å². The number of ether oxygens (including phenoxy) is 3. The predicted molar refractivity (Wildman–Crippen MR) is 80.5 cm³/mol. The van der Waals surface area contributed by atoms with Crippen LogP contribution >= 0.6 is 0 Å². The van der Waals surface area contributed by atoms with Gasteiger partial charge in [0, 0.05) is 6.42 Å². The van der Waals surface area contributed by atoms with E-state index in [2.05, 4.69) is 5.32 Å². The van der Waals surface area contributed by atoms with E-state index in [1.807, 2.05) is 30.3 Å². The summed E-state index contributed by atoms with van der Waals surface area (Å²) in [7, 11) is 0. The van der Waals surface area contributed by atoms with Crippen LogP contribution in [0.15, 0.2) is 30.3 Å². The van der Waals surface area contributed by atoms with Gasteiger partial charge in [0.05, 0.1) is 19.3 Å². The monoisotopic (exact) mass is 323 g/mol. The van der Waals surface area contributed by atoms with E-state index in [1.54, 1.807) is 0 Å². The van der Waals surface area contributed by atoms with Gasteiger partial charge in [-0.3, -0.25) is 0 Å². The van der Waals surface area contributed by atoms with E-state index < -0.39 is 24.2 Å². The van der Waals surface area contributed by atoms with Crippen LogP contribution in [0.25, 0.3) is 0 Å². The number of esters is 1. The van der Waals surface area contributed by atoms with E-state index in [1.165, 1.54) is 6.92 Å². The third-order valence-corrected chi connectivity index (χ3v) is 3.39. The first-order chi connectivity index (χ1) is 11.1. The molecule has 1 saturated heterocycles. The molecule has 0 aromatic heterocycles. The lowest BCUT2D eigenvalue weighted by molar-refractivity contribution is -0.154. The van der Waals surface area contributed by atoms with E-state index in [-0.39, 0.29) is 12.7 Å². The van der Waals surface area contributed by atoms with Gasteiger partial charge in [0.2, 0.25) is 0 Å².